The first-order valence-corrected chi connectivity index (χ1v) is 6.68. The van der Waals surface area contributed by atoms with Crippen LogP contribution in [-0.4, -0.2) is 35.3 Å². The molecule has 20 heavy (non-hydrogen) atoms. The second-order valence-corrected chi connectivity index (χ2v) is 5.69. The van der Waals surface area contributed by atoms with Gasteiger partial charge >= 0.3 is 12.1 Å². The van der Waals surface area contributed by atoms with E-state index >= 15 is 0 Å². The number of pyridine rings is 1. The van der Waals surface area contributed by atoms with Crippen molar-refractivity contribution in [2.45, 2.75) is 12.6 Å². The van der Waals surface area contributed by atoms with Crippen molar-refractivity contribution >= 4 is 21.9 Å². The van der Waals surface area contributed by atoms with Crippen LogP contribution in [0.2, 0.25) is 0 Å². The zero-order valence-electron chi connectivity index (χ0n) is 10.2. The summed E-state index contributed by atoms with van der Waals surface area (Å²) >= 11 is 3.19. The molecule has 2 atom stereocenters. The number of hydrogen-bond acceptors (Lipinski definition) is 3. The molecule has 0 spiro atoms. The lowest BCUT2D eigenvalue weighted by Gasteiger charge is -2.32. The molecule has 1 aliphatic rings. The highest BCUT2D eigenvalue weighted by atomic mass is 79.9. The third-order valence-corrected chi connectivity index (χ3v) is 4.09. The number of carboxylic acids is 1. The molecule has 8 heteroatoms. The van der Waals surface area contributed by atoms with Gasteiger partial charge in [0.25, 0.3) is 0 Å². The van der Waals surface area contributed by atoms with E-state index in [0.717, 1.165) is 0 Å². The predicted molar refractivity (Wildman–Crippen MR) is 68.1 cm³/mol. The van der Waals surface area contributed by atoms with E-state index in [1.807, 2.05) is 0 Å². The Balaban J connectivity index is 2.30. The first-order valence-electron chi connectivity index (χ1n) is 5.88. The smallest absolute Gasteiger partial charge is 0.406 e. The van der Waals surface area contributed by atoms with E-state index < -0.39 is 30.0 Å². The summed E-state index contributed by atoms with van der Waals surface area (Å²) in [6, 6.07) is 3.26. The van der Waals surface area contributed by atoms with Crippen LogP contribution in [0.25, 0.3) is 0 Å². The van der Waals surface area contributed by atoms with Crippen LogP contribution in [0.4, 0.5) is 13.2 Å². The maximum absolute atomic E-state index is 13.2. The standard InChI is InChI=1S/C12H12BrF3N2O2/c13-8-1-2-9(18-5-8)3-7-4-17-6-11(7,10(19)20)12(14,15)16/h1-2,5,7,17H,3-4,6H2,(H,19,20)/t7-,11+/m1/s1. The number of halogens is 4. The SMILES string of the molecule is O=C(O)[C@]1(C(F)(F)F)CNC[C@H]1Cc1ccc(Br)cn1. The summed E-state index contributed by atoms with van der Waals surface area (Å²) in [5.41, 5.74) is -2.31. The highest BCUT2D eigenvalue weighted by molar-refractivity contribution is 9.10. The van der Waals surface area contributed by atoms with E-state index in [9.17, 15) is 18.0 Å². The fraction of sp³-hybridized carbons (Fsp3) is 0.500. The van der Waals surface area contributed by atoms with Crippen molar-refractivity contribution < 1.29 is 23.1 Å². The van der Waals surface area contributed by atoms with Crippen LogP contribution in [-0.2, 0) is 11.2 Å². The Morgan fingerprint density at radius 2 is 2.25 bits per heavy atom. The highest BCUT2D eigenvalue weighted by Gasteiger charge is 2.66. The van der Waals surface area contributed by atoms with Crippen molar-refractivity contribution in [3.05, 3.63) is 28.5 Å². The van der Waals surface area contributed by atoms with Crippen LogP contribution in [0.3, 0.4) is 0 Å². The van der Waals surface area contributed by atoms with Crippen LogP contribution in [0.1, 0.15) is 5.69 Å². The van der Waals surface area contributed by atoms with E-state index in [4.69, 9.17) is 5.11 Å². The minimum absolute atomic E-state index is 0.00353. The van der Waals surface area contributed by atoms with Gasteiger partial charge in [-0.05, 0) is 41.0 Å². The molecule has 0 aromatic carbocycles. The van der Waals surface area contributed by atoms with Crippen LogP contribution in [0.15, 0.2) is 22.8 Å². The van der Waals surface area contributed by atoms with E-state index in [1.54, 1.807) is 12.1 Å². The molecule has 1 aliphatic heterocycles. The molecule has 1 saturated heterocycles. The molecular formula is C12H12BrF3N2O2. The number of hydrogen-bond donors (Lipinski definition) is 2. The molecule has 110 valence electrons. The molecule has 1 aromatic heterocycles. The molecule has 4 nitrogen and oxygen atoms in total. The van der Waals surface area contributed by atoms with E-state index in [1.165, 1.54) is 6.20 Å². The van der Waals surface area contributed by atoms with Crippen molar-refractivity contribution in [2.24, 2.45) is 11.3 Å². The van der Waals surface area contributed by atoms with Crippen molar-refractivity contribution in [3.8, 4) is 0 Å². The van der Waals surface area contributed by atoms with Gasteiger partial charge in [0, 0.05) is 28.8 Å². The van der Waals surface area contributed by atoms with Gasteiger partial charge in [0.15, 0.2) is 5.41 Å². The fourth-order valence-electron chi connectivity index (χ4n) is 2.49. The van der Waals surface area contributed by atoms with Gasteiger partial charge in [-0.2, -0.15) is 13.2 Å². The van der Waals surface area contributed by atoms with Gasteiger partial charge in [0.2, 0.25) is 0 Å². The number of aliphatic carboxylic acids is 1. The van der Waals surface area contributed by atoms with Crippen LogP contribution >= 0.6 is 15.9 Å². The summed E-state index contributed by atoms with van der Waals surface area (Å²) in [6.45, 7) is -0.601. The lowest BCUT2D eigenvalue weighted by atomic mass is 9.75. The van der Waals surface area contributed by atoms with Crippen molar-refractivity contribution in [1.82, 2.24) is 10.3 Å². The fourth-order valence-corrected chi connectivity index (χ4v) is 2.73. The molecule has 0 amide bonds. The first-order chi connectivity index (χ1) is 9.27. The summed E-state index contributed by atoms with van der Waals surface area (Å²) in [4.78, 5) is 15.3. The summed E-state index contributed by atoms with van der Waals surface area (Å²) in [7, 11) is 0. The molecule has 0 radical (unpaired) electrons. The zero-order chi connectivity index (χ0) is 15.0. The highest BCUT2D eigenvalue weighted by Crippen LogP contribution is 2.47. The third-order valence-electron chi connectivity index (χ3n) is 3.62. The Morgan fingerprint density at radius 3 is 2.75 bits per heavy atom. The molecule has 2 heterocycles. The van der Waals surface area contributed by atoms with Crippen molar-refractivity contribution in [3.63, 3.8) is 0 Å². The van der Waals surface area contributed by atoms with E-state index in [-0.39, 0.29) is 13.0 Å². The summed E-state index contributed by atoms with van der Waals surface area (Å²) < 4.78 is 40.4. The van der Waals surface area contributed by atoms with E-state index in [0.29, 0.717) is 10.2 Å². The van der Waals surface area contributed by atoms with Gasteiger partial charge in [-0.15, -0.1) is 0 Å². The number of carbonyl (C=O) groups is 1. The molecule has 0 unspecified atom stereocenters. The average molecular weight is 353 g/mol. The van der Waals surface area contributed by atoms with Gasteiger partial charge in [0.1, 0.15) is 0 Å². The summed E-state index contributed by atoms with van der Waals surface area (Å²) in [5.74, 6) is -2.91. The molecule has 0 bridgehead atoms. The summed E-state index contributed by atoms with van der Waals surface area (Å²) in [5, 5.41) is 11.6. The van der Waals surface area contributed by atoms with Crippen LogP contribution in [0, 0.1) is 11.3 Å². The predicted octanol–water partition coefficient (Wildman–Crippen LogP) is 2.24. The quantitative estimate of drug-likeness (QED) is 0.875. The Labute approximate surface area is 121 Å². The van der Waals surface area contributed by atoms with Gasteiger partial charge < -0.3 is 10.4 Å². The molecule has 2 rings (SSSR count). The maximum atomic E-state index is 13.2. The molecule has 1 fully saturated rings. The second-order valence-electron chi connectivity index (χ2n) is 4.77. The average Bonchev–Trinajstić information content (AvgIpc) is 2.76. The lowest BCUT2D eigenvalue weighted by Crippen LogP contribution is -2.51. The monoisotopic (exact) mass is 352 g/mol. The molecule has 2 N–H and O–H groups in total. The normalized spacial score (nSPS) is 26.7. The van der Waals surface area contributed by atoms with Gasteiger partial charge in [-0.1, -0.05) is 0 Å². The molecule has 0 aliphatic carbocycles. The van der Waals surface area contributed by atoms with Crippen LogP contribution < -0.4 is 5.32 Å². The zero-order valence-corrected chi connectivity index (χ0v) is 11.8. The number of nitrogens with one attached hydrogen (secondary N) is 1. The van der Waals surface area contributed by atoms with Gasteiger partial charge in [-0.25, -0.2) is 0 Å². The largest absolute Gasteiger partial charge is 0.481 e. The van der Waals surface area contributed by atoms with Gasteiger partial charge in [-0.3, -0.25) is 9.78 Å². The minimum atomic E-state index is -4.80. The molecule has 0 saturated carbocycles. The van der Waals surface area contributed by atoms with Crippen LogP contribution in [0.5, 0.6) is 0 Å². The Bertz CT molecular complexity index is 506. The Kier molecular flexibility index (Phi) is 4.06. The first kappa shape index (κ1) is 15.2. The number of alkyl halides is 3. The summed E-state index contributed by atoms with van der Waals surface area (Å²) in [6.07, 6.45) is -3.36. The Morgan fingerprint density at radius 1 is 1.55 bits per heavy atom. The van der Waals surface area contributed by atoms with Gasteiger partial charge in [0.05, 0.1) is 0 Å². The second kappa shape index (κ2) is 5.33. The Hall–Kier alpha value is -1.15. The van der Waals surface area contributed by atoms with Crippen molar-refractivity contribution in [1.29, 1.82) is 0 Å². The molecular weight excluding hydrogens is 341 g/mol. The maximum Gasteiger partial charge on any atom is 0.406 e. The third kappa shape index (κ3) is 2.54. The topological polar surface area (TPSA) is 62.2 Å². The number of carboxylic acid groups (broad SMARTS) is 1. The molecule has 1 aromatic rings. The number of nitrogens with zero attached hydrogens (tertiary/aromatic N) is 1. The number of aromatic nitrogens is 1. The number of rotatable bonds is 3. The minimum Gasteiger partial charge on any atom is -0.481 e. The van der Waals surface area contributed by atoms with E-state index in [2.05, 4.69) is 26.2 Å². The van der Waals surface area contributed by atoms with Crippen molar-refractivity contribution in [2.75, 3.05) is 13.1 Å². The lowest BCUT2D eigenvalue weighted by molar-refractivity contribution is -0.236.